The van der Waals surface area contributed by atoms with Crippen molar-refractivity contribution < 1.29 is 13.9 Å². The predicted molar refractivity (Wildman–Crippen MR) is 106 cm³/mol. The lowest BCUT2D eigenvalue weighted by atomic mass is 10.2. The third kappa shape index (κ3) is 5.92. The molecule has 1 atom stereocenters. The zero-order chi connectivity index (χ0) is 19.2. The van der Waals surface area contributed by atoms with E-state index >= 15 is 0 Å². The smallest absolute Gasteiger partial charge is 0.266 e. The molecule has 0 saturated carbocycles. The summed E-state index contributed by atoms with van der Waals surface area (Å²) in [6.45, 7) is 1.61. The van der Waals surface area contributed by atoms with Crippen molar-refractivity contribution in [3.8, 4) is 5.75 Å². The van der Waals surface area contributed by atoms with Crippen LogP contribution in [0.2, 0.25) is 5.02 Å². The van der Waals surface area contributed by atoms with Crippen LogP contribution in [0.1, 0.15) is 12.5 Å². The maximum absolute atomic E-state index is 12.9. The first-order valence-electron chi connectivity index (χ1n) is 7.93. The number of hydrogen-bond acceptors (Lipinski definition) is 6. The summed E-state index contributed by atoms with van der Waals surface area (Å²) in [6, 6.07) is 13.1. The molecule has 0 radical (unpaired) electrons. The van der Waals surface area contributed by atoms with Crippen molar-refractivity contribution in [3.05, 3.63) is 64.9 Å². The van der Waals surface area contributed by atoms with Crippen LogP contribution in [0.3, 0.4) is 0 Å². The van der Waals surface area contributed by atoms with Gasteiger partial charge in [0, 0.05) is 10.8 Å². The van der Waals surface area contributed by atoms with E-state index in [1.165, 1.54) is 47.4 Å². The highest BCUT2D eigenvalue weighted by Gasteiger charge is 2.17. The molecule has 1 N–H and O–H groups in total. The van der Waals surface area contributed by atoms with Crippen molar-refractivity contribution in [2.45, 2.75) is 23.1 Å². The van der Waals surface area contributed by atoms with Crippen LogP contribution in [0.5, 0.6) is 5.75 Å². The van der Waals surface area contributed by atoms with E-state index in [2.05, 4.69) is 15.5 Å². The summed E-state index contributed by atoms with van der Waals surface area (Å²) in [5, 5.41) is 11.8. The van der Waals surface area contributed by atoms with E-state index < -0.39 is 6.10 Å². The molecule has 0 aliphatic rings. The number of halogens is 2. The summed E-state index contributed by atoms with van der Waals surface area (Å²) in [6.07, 6.45) is -0.760. The Kier molecular flexibility index (Phi) is 6.65. The van der Waals surface area contributed by atoms with Gasteiger partial charge in [-0.05, 0) is 48.9 Å². The van der Waals surface area contributed by atoms with Crippen molar-refractivity contribution in [1.82, 2.24) is 10.2 Å². The van der Waals surface area contributed by atoms with Crippen molar-refractivity contribution in [2.75, 3.05) is 5.32 Å². The van der Waals surface area contributed by atoms with E-state index in [0.717, 1.165) is 15.7 Å². The molecule has 1 heterocycles. The van der Waals surface area contributed by atoms with Gasteiger partial charge in [-0.25, -0.2) is 4.39 Å². The molecule has 0 aliphatic carbocycles. The molecule has 0 spiro atoms. The summed E-state index contributed by atoms with van der Waals surface area (Å²) in [5.74, 6) is 0.418. The van der Waals surface area contributed by atoms with Gasteiger partial charge in [0.2, 0.25) is 5.13 Å². The molecule has 3 aromatic rings. The number of nitrogens with one attached hydrogen (secondary N) is 1. The Bertz CT molecular complexity index is 904. The quantitative estimate of drug-likeness (QED) is 0.426. The molecule has 1 unspecified atom stereocenters. The van der Waals surface area contributed by atoms with Crippen molar-refractivity contribution >= 4 is 45.7 Å². The summed E-state index contributed by atoms with van der Waals surface area (Å²) >= 11 is 8.68. The lowest BCUT2D eigenvalue weighted by Crippen LogP contribution is -2.30. The minimum atomic E-state index is -0.760. The lowest BCUT2D eigenvalue weighted by molar-refractivity contribution is -0.122. The third-order valence-electron chi connectivity index (χ3n) is 3.41. The number of thioether (sulfide) groups is 1. The van der Waals surface area contributed by atoms with Crippen LogP contribution >= 0.6 is 34.7 Å². The molecular formula is C18H15ClFN3O2S2. The van der Waals surface area contributed by atoms with Gasteiger partial charge in [0.15, 0.2) is 10.4 Å². The first kappa shape index (κ1) is 19.6. The Morgan fingerprint density at radius 3 is 2.63 bits per heavy atom. The molecule has 0 aliphatic heterocycles. The van der Waals surface area contributed by atoms with Crippen LogP contribution in [0.15, 0.2) is 52.9 Å². The SMILES string of the molecule is CC(Oc1ccc(F)cc1)C(=O)Nc1nnc(SCc2ccc(Cl)cc2)s1. The molecule has 1 aromatic heterocycles. The number of aromatic nitrogens is 2. The second-order valence-corrected chi connectivity index (χ2v) is 8.13. The fraction of sp³-hybridized carbons (Fsp3) is 0.167. The summed E-state index contributed by atoms with van der Waals surface area (Å²) in [4.78, 5) is 12.2. The number of carbonyl (C=O) groups is 1. The van der Waals surface area contributed by atoms with Gasteiger partial charge in [-0.15, -0.1) is 10.2 Å². The van der Waals surface area contributed by atoms with Gasteiger partial charge in [-0.2, -0.15) is 0 Å². The fourth-order valence-electron chi connectivity index (χ4n) is 2.02. The van der Waals surface area contributed by atoms with Gasteiger partial charge >= 0.3 is 0 Å². The number of amides is 1. The topological polar surface area (TPSA) is 64.1 Å². The molecule has 0 saturated heterocycles. The van der Waals surface area contributed by atoms with E-state index in [1.807, 2.05) is 24.3 Å². The van der Waals surface area contributed by atoms with Crippen molar-refractivity contribution in [2.24, 2.45) is 0 Å². The number of nitrogens with zero attached hydrogens (tertiary/aromatic N) is 2. The molecule has 27 heavy (non-hydrogen) atoms. The highest BCUT2D eigenvalue weighted by Crippen LogP contribution is 2.28. The van der Waals surface area contributed by atoms with Crippen LogP contribution in [0, 0.1) is 5.82 Å². The minimum absolute atomic E-state index is 0.357. The van der Waals surface area contributed by atoms with E-state index in [9.17, 15) is 9.18 Å². The lowest BCUT2D eigenvalue weighted by Gasteiger charge is -2.13. The Morgan fingerprint density at radius 2 is 1.93 bits per heavy atom. The summed E-state index contributed by atoms with van der Waals surface area (Å²) < 4.78 is 19.1. The Balaban J connectivity index is 1.50. The largest absolute Gasteiger partial charge is 0.481 e. The van der Waals surface area contributed by atoms with Crippen LogP contribution in [0.25, 0.3) is 0 Å². The van der Waals surface area contributed by atoms with E-state index in [-0.39, 0.29) is 11.7 Å². The number of carbonyl (C=O) groups excluding carboxylic acids is 1. The number of benzene rings is 2. The summed E-state index contributed by atoms with van der Waals surface area (Å²) in [7, 11) is 0. The highest BCUT2D eigenvalue weighted by atomic mass is 35.5. The average molecular weight is 424 g/mol. The van der Waals surface area contributed by atoms with Gasteiger partial charge in [0.25, 0.3) is 5.91 Å². The number of hydrogen-bond donors (Lipinski definition) is 1. The molecule has 140 valence electrons. The molecule has 3 rings (SSSR count). The van der Waals surface area contributed by atoms with Gasteiger partial charge in [-0.3, -0.25) is 10.1 Å². The molecule has 2 aromatic carbocycles. The molecule has 5 nitrogen and oxygen atoms in total. The van der Waals surface area contributed by atoms with Crippen molar-refractivity contribution in [3.63, 3.8) is 0 Å². The average Bonchev–Trinajstić information content (AvgIpc) is 3.10. The standard InChI is InChI=1S/C18H15ClFN3O2S2/c1-11(25-15-8-6-14(20)7-9-15)16(24)21-17-22-23-18(27-17)26-10-12-2-4-13(19)5-3-12/h2-9,11H,10H2,1H3,(H,21,22,24). The van der Waals surface area contributed by atoms with Gasteiger partial charge in [0.05, 0.1) is 0 Å². The zero-order valence-electron chi connectivity index (χ0n) is 14.2. The second-order valence-electron chi connectivity index (χ2n) is 5.49. The highest BCUT2D eigenvalue weighted by molar-refractivity contribution is 8.00. The van der Waals surface area contributed by atoms with Crippen LogP contribution in [-0.2, 0) is 10.5 Å². The van der Waals surface area contributed by atoms with Gasteiger partial charge in [-0.1, -0.05) is 46.8 Å². The van der Waals surface area contributed by atoms with E-state index in [0.29, 0.717) is 15.9 Å². The Morgan fingerprint density at radius 1 is 1.22 bits per heavy atom. The monoisotopic (exact) mass is 423 g/mol. The van der Waals surface area contributed by atoms with Crippen molar-refractivity contribution in [1.29, 1.82) is 0 Å². The first-order chi connectivity index (χ1) is 13.0. The molecule has 0 fully saturated rings. The van der Waals surface area contributed by atoms with Crippen LogP contribution in [-0.4, -0.2) is 22.2 Å². The number of anilines is 1. The van der Waals surface area contributed by atoms with Crippen LogP contribution in [0.4, 0.5) is 9.52 Å². The first-order valence-corrected chi connectivity index (χ1v) is 10.1. The van der Waals surface area contributed by atoms with Crippen LogP contribution < -0.4 is 10.1 Å². The zero-order valence-corrected chi connectivity index (χ0v) is 16.6. The second kappa shape index (κ2) is 9.16. The maximum atomic E-state index is 12.9. The molecule has 1 amide bonds. The summed E-state index contributed by atoms with van der Waals surface area (Å²) in [5.41, 5.74) is 1.12. The van der Waals surface area contributed by atoms with E-state index in [1.54, 1.807) is 6.92 Å². The number of ether oxygens (including phenoxy) is 1. The van der Waals surface area contributed by atoms with Gasteiger partial charge < -0.3 is 4.74 Å². The predicted octanol–water partition coefficient (Wildman–Crippen LogP) is 5.03. The Labute approximate surface area is 168 Å². The van der Waals surface area contributed by atoms with E-state index in [4.69, 9.17) is 16.3 Å². The third-order valence-corrected chi connectivity index (χ3v) is 5.70. The molecule has 9 heteroatoms. The Hall–Kier alpha value is -2.16. The minimum Gasteiger partial charge on any atom is -0.481 e. The fourth-order valence-corrected chi connectivity index (χ4v) is 3.86. The number of rotatable bonds is 7. The van der Waals surface area contributed by atoms with Gasteiger partial charge in [0.1, 0.15) is 11.6 Å². The maximum Gasteiger partial charge on any atom is 0.266 e. The molecular weight excluding hydrogens is 409 g/mol. The normalized spacial score (nSPS) is 11.8. The molecule has 0 bridgehead atoms.